The summed E-state index contributed by atoms with van der Waals surface area (Å²) in [6.45, 7) is 7.27. The smallest absolute Gasteiger partial charge is 0.274 e. The summed E-state index contributed by atoms with van der Waals surface area (Å²) >= 11 is 0. The number of amides is 1. The highest BCUT2D eigenvalue weighted by Crippen LogP contribution is 2.26. The van der Waals surface area contributed by atoms with Crippen LogP contribution in [0.25, 0.3) is 0 Å². The summed E-state index contributed by atoms with van der Waals surface area (Å²) in [4.78, 5) is 29.0. The van der Waals surface area contributed by atoms with Gasteiger partial charge in [-0.15, -0.1) is 0 Å². The lowest BCUT2D eigenvalue weighted by Gasteiger charge is -2.34. The normalized spacial score (nSPS) is 16.5. The molecular weight excluding hydrogens is 368 g/mol. The van der Waals surface area contributed by atoms with E-state index in [1.165, 1.54) is 21.9 Å². The maximum atomic E-state index is 12.8. The Morgan fingerprint density at radius 1 is 1.14 bits per heavy atom. The van der Waals surface area contributed by atoms with Gasteiger partial charge >= 0.3 is 0 Å². The number of carbonyl (C=O) groups is 1. The number of carbonyl (C=O) groups excluding carboxylic acids is 1. The first-order valence-corrected chi connectivity index (χ1v) is 10.5. The molecule has 0 radical (unpaired) electrons. The van der Waals surface area contributed by atoms with Crippen LogP contribution in [0.15, 0.2) is 35.1 Å². The van der Waals surface area contributed by atoms with Gasteiger partial charge in [0.25, 0.3) is 11.5 Å². The Morgan fingerprint density at radius 2 is 1.97 bits per heavy atom. The number of ether oxygens (including phenoxy) is 1. The predicted octanol–water partition coefficient (Wildman–Crippen LogP) is 1.94. The molecule has 7 nitrogen and oxygen atoms in total. The van der Waals surface area contributed by atoms with E-state index in [-0.39, 0.29) is 11.5 Å². The Kier molecular flexibility index (Phi) is 5.94. The van der Waals surface area contributed by atoms with Gasteiger partial charge in [0.15, 0.2) is 0 Å². The lowest BCUT2D eigenvalue weighted by molar-refractivity contribution is 0.0620. The highest BCUT2D eigenvalue weighted by Gasteiger charge is 2.24. The van der Waals surface area contributed by atoms with Crippen molar-refractivity contribution in [2.75, 3.05) is 32.8 Å². The molecule has 1 aromatic carbocycles. The summed E-state index contributed by atoms with van der Waals surface area (Å²) in [5, 5.41) is 4.29. The van der Waals surface area contributed by atoms with Gasteiger partial charge in [-0.2, -0.15) is 5.10 Å². The second kappa shape index (κ2) is 8.78. The summed E-state index contributed by atoms with van der Waals surface area (Å²) in [7, 11) is 0. The van der Waals surface area contributed by atoms with Crippen molar-refractivity contribution in [1.82, 2.24) is 19.6 Å². The summed E-state index contributed by atoms with van der Waals surface area (Å²) in [6, 6.07) is 9.43. The number of piperazine rings is 1. The van der Waals surface area contributed by atoms with Gasteiger partial charge in [0.1, 0.15) is 11.4 Å². The van der Waals surface area contributed by atoms with E-state index in [0.29, 0.717) is 25.3 Å². The van der Waals surface area contributed by atoms with Crippen molar-refractivity contribution in [3.63, 3.8) is 0 Å². The molecule has 2 aromatic rings. The number of nitrogens with zero attached hydrogens (tertiary/aromatic N) is 4. The molecule has 4 rings (SSSR count). The minimum atomic E-state index is -0.153. The van der Waals surface area contributed by atoms with Gasteiger partial charge < -0.3 is 9.64 Å². The van der Waals surface area contributed by atoms with Gasteiger partial charge in [-0.25, -0.2) is 4.68 Å². The maximum absolute atomic E-state index is 12.8. The molecule has 3 heterocycles. The molecule has 1 saturated heterocycles. The zero-order valence-corrected chi connectivity index (χ0v) is 17.0. The van der Waals surface area contributed by atoms with Crippen molar-refractivity contribution in [3.8, 4) is 5.75 Å². The molecule has 1 amide bonds. The molecule has 2 aliphatic heterocycles. The monoisotopic (exact) mass is 396 g/mol. The Bertz CT molecular complexity index is 932. The summed E-state index contributed by atoms with van der Waals surface area (Å²) in [6.07, 6.45) is 2.84. The topological polar surface area (TPSA) is 67.7 Å². The molecule has 7 heteroatoms. The van der Waals surface area contributed by atoms with Crippen LogP contribution in [0.2, 0.25) is 0 Å². The van der Waals surface area contributed by atoms with E-state index >= 15 is 0 Å². The number of hydrogen-bond acceptors (Lipinski definition) is 5. The third kappa shape index (κ3) is 4.50. The van der Waals surface area contributed by atoms with Gasteiger partial charge in [-0.05, 0) is 29.7 Å². The van der Waals surface area contributed by atoms with E-state index in [1.807, 2.05) is 4.90 Å². The second-order valence-electron chi connectivity index (χ2n) is 7.74. The SMILES string of the molecule is CCCCn1nc(C(=O)N2CCN(Cc3ccc4c(c3)CCO4)CC2)ccc1=O. The molecule has 0 saturated carbocycles. The molecule has 0 atom stereocenters. The van der Waals surface area contributed by atoms with Crippen LogP contribution in [0.4, 0.5) is 0 Å². The number of benzene rings is 1. The highest BCUT2D eigenvalue weighted by molar-refractivity contribution is 5.92. The number of aromatic nitrogens is 2. The van der Waals surface area contributed by atoms with Crippen molar-refractivity contribution in [1.29, 1.82) is 0 Å². The number of fused-ring (bicyclic) bond motifs is 1. The largest absolute Gasteiger partial charge is 0.493 e. The third-order valence-electron chi connectivity index (χ3n) is 5.63. The Balaban J connectivity index is 1.34. The molecule has 2 aliphatic rings. The van der Waals surface area contributed by atoms with Crippen LogP contribution < -0.4 is 10.3 Å². The van der Waals surface area contributed by atoms with Crippen LogP contribution in [-0.2, 0) is 19.5 Å². The lowest BCUT2D eigenvalue weighted by Crippen LogP contribution is -2.48. The zero-order chi connectivity index (χ0) is 20.2. The zero-order valence-electron chi connectivity index (χ0n) is 17.0. The van der Waals surface area contributed by atoms with Gasteiger partial charge in [-0.1, -0.05) is 25.5 Å². The van der Waals surface area contributed by atoms with Crippen LogP contribution in [0.1, 0.15) is 41.4 Å². The van der Waals surface area contributed by atoms with Crippen LogP contribution in [0.5, 0.6) is 5.75 Å². The van der Waals surface area contributed by atoms with Crippen LogP contribution >= 0.6 is 0 Å². The first kappa shape index (κ1) is 19.6. The number of aryl methyl sites for hydroxylation is 1. The number of rotatable bonds is 6. The first-order chi connectivity index (χ1) is 14.1. The van der Waals surface area contributed by atoms with Crippen molar-refractivity contribution in [3.05, 3.63) is 57.5 Å². The Morgan fingerprint density at radius 3 is 2.76 bits per heavy atom. The maximum Gasteiger partial charge on any atom is 0.274 e. The van der Waals surface area contributed by atoms with Gasteiger partial charge in [0.2, 0.25) is 0 Å². The van der Waals surface area contributed by atoms with Crippen LogP contribution in [0.3, 0.4) is 0 Å². The number of hydrogen-bond donors (Lipinski definition) is 0. The van der Waals surface area contributed by atoms with Gasteiger partial charge in [-0.3, -0.25) is 14.5 Å². The first-order valence-electron chi connectivity index (χ1n) is 10.5. The minimum absolute atomic E-state index is 0.0930. The van der Waals surface area contributed by atoms with Crippen LogP contribution in [-0.4, -0.2) is 58.3 Å². The van der Waals surface area contributed by atoms with Crippen molar-refractivity contribution in [2.45, 2.75) is 39.3 Å². The standard InChI is InChI=1S/C22H28N4O3/c1-2-3-9-26-21(27)7-5-19(23-26)22(28)25-12-10-24(11-13-25)16-17-4-6-20-18(15-17)8-14-29-20/h4-7,15H,2-3,8-14,16H2,1H3. The van der Waals surface area contributed by atoms with E-state index in [2.05, 4.69) is 35.1 Å². The molecule has 154 valence electrons. The van der Waals surface area contributed by atoms with E-state index in [9.17, 15) is 9.59 Å². The molecule has 0 spiro atoms. The molecule has 0 N–H and O–H groups in total. The summed E-state index contributed by atoms with van der Waals surface area (Å²) < 4.78 is 6.99. The van der Waals surface area contributed by atoms with Crippen molar-refractivity contribution < 1.29 is 9.53 Å². The van der Waals surface area contributed by atoms with Crippen LogP contribution in [0, 0.1) is 0 Å². The van der Waals surface area contributed by atoms with E-state index in [1.54, 1.807) is 6.07 Å². The average molecular weight is 396 g/mol. The Labute approximate surface area is 170 Å². The van der Waals surface area contributed by atoms with E-state index in [4.69, 9.17) is 4.74 Å². The van der Waals surface area contributed by atoms with Crippen molar-refractivity contribution >= 4 is 5.91 Å². The molecule has 29 heavy (non-hydrogen) atoms. The van der Waals surface area contributed by atoms with Gasteiger partial charge in [0.05, 0.1) is 6.61 Å². The van der Waals surface area contributed by atoms with Gasteiger partial charge in [0, 0.05) is 51.8 Å². The van der Waals surface area contributed by atoms with Crippen molar-refractivity contribution in [2.24, 2.45) is 0 Å². The molecule has 1 fully saturated rings. The Hall–Kier alpha value is -2.67. The summed E-state index contributed by atoms with van der Waals surface area (Å²) in [5.41, 5.74) is 2.78. The molecule has 1 aromatic heterocycles. The quantitative estimate of drug-likeness (QED) is 0.747. The van der Waals surface area contributed by atoms with E-state index in [0.717, 1.165) is 51.3 Å². The number of unbranched alkanes of at least 4 members (excludes halogenated alkanes) is 1. The predicted molar refractivity (Wildman–Crippen MR) is 110 cm³/mol. The molecule has 0 bridgehead atoms. The fourth-order valence-corrected chi connectivity index (χ4v) is 3.90. The minimum Gasteiger partial charge on any atom is -0.493 e. The summed E-state index contributed by atoms with van der Waals surface area (Å²) in [5.74, 6) is 0.918. The van der Waals surface area contributed by atoms with E-state index < -0.39 is 0 Å². The second-order valence-corrected chi connectivity index (χ2v) is 7.74. The molecule has 0 aliphatic carbocycles. The fourth-order valence-electron chi connectivity index (χ4n) is 3.90. The lowest BCUT2D eigenvalue weighted by atomic mass is 10.1. The molecule has 0 unspecified atom stereocenters. The fraction of sp³-hybridized carbons (Fsp3) is 0.500. The average Bonchev–Trinajstić information content (AvgIpc) is 3.21. The third-order valence-corrected chi connectivity index (χ3v) is 5.63. The molecular formula is C22H28N4O3. The highest BCUT2D eigenvalue weighted by atomic mass is 16.5.